The summed E-state index contributed by atoms with van der Waals surface area (Å²) < 4.78 is 13.9. The second kappa shape index (κ2) is 4.93. The number of nitrogens with zero attached hydrogens (tertiary/aromatic N) is 1. The smallest absolute Gasteiger partial charge is 0.231 e. The number of hydrogen-bond donors (Lipinski definition) is 1. The van der Waals surface area contributed by atoms with Gasteiger partial charge in [0.15, 0.2) is 0 Å². The first-order valence-electron chi connectivity index (χ1n) is 7.02. The van der Waals surface area contributed by atoms with Crippen molar-refractivity contribution in [2.75, 3.05) is 11.4 Å². The van der Waals surface area contributed by atoms with Gasteiger partial charge in [-0.3, -0.25) is 4.79 Å². The van der Waals surface area contributed by atoms with Gasteiger partial charge in [0, 0.05) is 18.6 Å². The van der Waals surface area contributed by atoms with Crippen LogP contribution in [0.15, 0.2) is 24.3 Å². The molecule has 0 aromatic heterocycles. The van der Waals surface area contributed by atoms with Gasteiger partial charge in [-0.25, -0.2) is 4.39 Å². The zero-order chi connectivity index (χ0) is 13.4. The fraction of sp³-hybridized carbons (Fsp3) is 0.533. The van der Waals surface area contributed by atoms with Crippen LogP contribution >= 0.6 is 0 Å². The summed E-state index contributed by atoms with van der Waals surface area (Å²) in [5.41, 5.74) is 0.401. The molecule has 2 aliphatic rings. The molecule has 0 saturated carbocycles. The Morgan fingerprint density at radius 2 is 2.21 bits per heavy atom. The number of nitrogens with one attached hydrogen (secondary N) is 1. The van der Waals surface area contributed by atoms with E-state index in [-0.39, 0.29) is 17.6 Å². The number of halogens is 1. The number of amides is 1. The van der Waals surface area contributed by atoms with E-state index in [0.717, 1.165) is 12.8 Å². The maximum Gasteiger partial charge on any atom is 0.231 e. The van der Waals surface area contributed by atoms with Gasteiger partial charge in [0.25, 0.3) is 0 Å². The Balaban J connectivity index is 1.83. The van der Waals surface area contributed by atoms with Crippen molar-refractivity contribution < 1.29 is 9.18 Å². The minimum atomic E-state index is -0.325. The monoisotopic (exact) mass is 262 g/mol. The molecular formula is C15H19FN2O. The normalized spacial score (nSPS) is 28.6. The maximum atomic E-state index is 13.9. The molecule has 3 atom stereocenters. The van der Waals surface area contributed by atoms with Crippen molar-refractivity contribution in [3.05, 3.63) is 30.1 Å². The Morgan fingerprint density at radius 1 is 1.42 bits per heavy atom. The molecule has 2 aliphatic heterocycles. The van der Waals surface area contributed by atoms with Crippen LogP contribution in [-0.2, 0) is 4.79 Å². The molecule has 3 rings (SSSR count). The zero-order valence-electron chi connectivity index (χ0n) is 11.1. The van der Waals surface area contributed by atoms with E-state index in [4.69, 9.17) is 0 Å². The van der Waals surface area contributed by atoms with Crippen molar-refractivity contribution in [1.29, 1.82) is 0 Å². The van der Waals surface area contributed by atoms with E-state index >= 15 is 0 Å². The average molecular weight is 262 g/mol. The largest absolute Gasteiger partial charge is 0.310 e. The standard InChI is InChI=1S/C15H19FN2O/c1-2-18(14-6-4-3-5-12(14)16)15(19)11-9-10-7-8-13(11)17-10/h3-6,10-11,13,17H,2,7-9H2,1H3. The van der Waals surface area contributed by atoms with Gasteiger partial charge in [-0.05, 0) is 38.3 Å². The number of carbonyl (C=O) groups excluding carboxylic acids is 1. The summed E-state index contributed by atoms with van der Waals surface area (Å²) in [5.74, 6) is -0.251. The number of benzene rings is 1. The summed E-state index contributed by atoms with van der Waals surface area (Å²) >= 11 is 0. The molecule has 2 saturated heterocycles. The van der Waals surface area contributed by atoms with E-state index in [1.165, 1.54) is 12.5 Å². The first-order valence-corrected chi connectivity index (χ1v) is 7.02. The predicted molar refractivity (Wildman–Crippen MR) is 72.5 cm³/mol. The highest BCUT2D eigenvalue weighted by Crippen LogP contribution is 2.35. The molecule has 1 amide bonds. The summed E-state index contributed by atoms with van der Waals surface area (Å²) in [6.45, 7) is 2.40. The third kappa shape index (κ3) is 2.14. The average Bonchev–Trinajstić information content (AvgIpc) is 3.04. The van der Waals surface area contributed by atoms with Gasteiger partial charge in [0.2, 0.25) is 5.91 Å². The first kappa shape index (κ1) is 12.6. The van der Waals surface area contributed by atoms with Gasteiger partial charge in [-0.15, -0.1) is 0 Å². The molecule has 2 fully saturated rings. The van der Waals surface area contributed by atoms with E-state index in [0.29, 0.717) is 24.3 Å². The molecule has 2 heterocycles. The fourth-order valence-corrected chi connectivity index (χ4v) is 3.41. The second-order valence-electron chi connectivity index (χ2n) is 5.42. The molecule has 1 N–H and O–H groups in total. The van der Waals surface area contributed by atoms with Gasteiger partial charge in [0.05, 0.1) is 11.6 Å². The lowest BCUT2D eigenvalue weighted by Crippen LogP contribution is -2.41. The van der Waals surface area contributed by atoms with Crippen molar-refractivity contribution in [3.8, 4) is 0 Å². The molecule has 19 heavy (non-hydrogen) atoms. The first-order chi connectivity index (χ1) is 9.20. The van der Waals surface area contributed by atoms with Crippen molar-refractivity contribution in [2.24, 2.45) is 5.92 Å². The summed E-state index contributed by atoms with van der Waals surface area (Å²) in [7, 11) is 0. The molecule has 102 valence electrons. The van der Waals surface area contributed by atoms with Crippen LogP contribution in [-0.4, -0.2) is 24.5 Å². The minimum absolute atomic E-state index is 0.0123. The van der Waals surface area contributed by atoms with Gasteiger partial charge < -0.3 is 10.2 Å². The van der Waals surface area contributed by atoms with E-state index in [2.05, 4.69) is 5.32 Å². The van der Waals surface area contributed by atoms with Crippen LogP contribution in [0.1, 0.15) is 26.2 Å². The second-order valence-corrected chi connectivity index (χ2v) is 5.42. The lowest BCUT2D eigenvalue weighted by atomic mass is 9.88. The third-order valence-corrected chi connectivity index (χ3v) is 4.34. The number of carbonyl (C=O) groups is 1. The number of anilines is 1. The summed E-state index contributed by atoms with van der Waals surface area (Å²) in [5, 5.41) is 3.46. The van der Waals surface area contributed by atoms with Crippen molar-refractivity contribution in [1.82, 2.24) is 5.32 Å². The van der Waals surface area contributed by atoms with Gasteiger partial charge in [-0.2, -0.15) is 0 Å². The van der Waals surface area contributed by atoms with Crippen LogP contribution in [0.2, 0.25) is 0 Å². The molecule has 4 heteroatoms. The van der Waals surface area contributed by atoms with E-state index in [1.807, 2.05) is 6.92 Å². The van der Waals surface area contributed by atoms with Crippen LogP contribution in [0, 0.1) is 11.7 Å². The van der Waals surface area contributed by atoms with Gasteiger partial charge in [0.1, 0.15) is 5.82 Å². The molecule has 0 aliphatic carbocycles. The highest BCUT2D eigenvalue weighted by Gasteiger charge is 2.44. The van der Waals surface area contributed by atoms with Crippen LogP contribution in [0.4, 0.5) is 10.1 Å². The highest BCUT2D eigenvalue weighted by molar-refractivity contribution is 5.95. The lowest BCUT2D eigenvalue weighted by Gasteiger charge is -2.28. The Hall–Kier alpha value is -1.42. The SMILES string of the molecule is CCN(C(=O)C1CC2CCC1N2)c1ccccc1F. The van der Waals surface area contributed by atoms with Crippen LogP contribution < -0.4 is 10.2 Å². The number of rotatable bonds is 3. The van der Waals surface area contributed by atoms with Gasteiger partial charge in [-0.1, -0.05) is 12.1 Å². The van der Waals surface area contributed by atoms with E-state index < -0.39 is 0 Å². The van der Waals surface area contributed by atoms with Gasteiger partial charge >= 0.3 is 0 Å². The highest BCUT2D eigenvalue weighted by atomic mass is 19.1. The fourth-order valence-electron chi connectivity index (χ4n) is 3.41. The molecular weight excluding hydrogens is 243 g/mol. The summed E-state index contributed by atoms with van der Waals surface area (Å²) in [6.07, 6.45) is 3.13. The molecule has 2 bridgehead atoms. The molecule has 1 aromatic rings. The van der Waals surface area contributed by atoms with Crippen molar-refractivity contribution in [3.63, 3.8) is 0 Å². The van der Waals surface area contributed by atoms with Crippen molar-refractivity contribution in [2.45, 2.75) is 38.3 Å². The van der Waals surface area contributed by atoms with Crippen molar-refractivity contribution >= 4 is 11.6 Å². The third-order valence-electron chi connectivity index (χ3n) is 4.34. The lowest BCUT2D eigenvalue weighted by molar-refractivity contribution is -0.122. The predicted octanol–water partition coefficient (Wildman–Crippen LogP) is 2.32. The quantitative estimate of drug-likeness (QED) is 0.906. The number of hydrogen-bond acceptors (Lipinski definition) is 2. The topological polar surface area (TPSA) is 32.3 Å². The molecule has 1 aromatic carbocycles. The minimum Gasteiger partial charge on any atom is -0.310 e. The van der Waals surface area contributed by atoms with Crippen LogP contribution in [0.25, 0.3) is 0 Å². The molecule has 3 unspecified atom stereocenters. The van der Waals surface area contributed by atoms with Crippen LogP contribution in [0.3, 0.4) is 0 Å². The number of para-hydroxylation sites is 1. The van der Waals surface area contributed by atoms with E-state index in [1.54, 1.807) is 23.1 Å². The Labute approximate surface area is 112 Å². The van der Waals surface area contributed by atoms with E-state index in [9.17, 15) is 9.18 Å². The van der Waals surface area contributed by atoms with Crippen LogP contribution in [0.5, 0.6) is 0 Å². The zero-order valence-corrected chi connectivity index (χ0v) is 11.1. The summed E-state index contributed by atoms with van der Waals surface area (Å²) in [6, 6.07) is 7.28. The Bertz CT molecular complexity index is 491. The molecule has 0 spiro atoms. The molecule has 3 nitrogen and oxygen atoms in total. The Morgan fingerprint density at radius 3 is 2.79 bits per heavy atom. The summed E-state index contributed by atoms with van der Waals surface area (Å²) in [4.78, 5) is 14.2. The Kier molecular flexibility index (Phi) is 3.27. The number of fused-ring (bicyclic) bond motifs is 2. The maximum absolute atomic E-state index is 13.9. The molecule has 0 radical (unpaired) electrons.